The van der Waals surface area contributed by atoms with Crippen LogP contribution < -0.4 is 5.32 Å². The highest BCUT2D eigenvalue weighted by molar-refractivity contribution is 5.88. The third-order valence-corrected chi connectivity index (χ3v) is 2.52. The van der Waals surface area contributed by atoms with Crippen molar-refractivity contribution < 1.29 is 23.8 Å². The van der Waals surface area contributed by atoms with Gasteiger partial charge in [-0.3, -0.25) is 4.68 Å². The lowest BCUT2D eigenvalue weighted by molar-refractivity contribution is 0.0494. The molecule has 0 saturated heterocycles. The van der Waals surface area contributed by atoms with E-state index >= 15 is 0 Å². The summed E-state index contributed by atoms with van der Waals surface area (Å²) in [5.41, 5.74) is -0.0970. The fourth-order valence-corrected chi connectivity index (χ4v) is 1.61. The zero-order chi connectivity index (χ0) is 17.3. The number of nitrogens with zero attached hydrogens (tertiary/aromatic N) is 2. The predicted molar refractivity (Wildman–Crippen MR) is 83.2 cm³/mol. The molecule has 0 fully saturated rings. The van der Waals surface area contributed by atoms with Crippen molar-refractivity contribution >= 4 is 12.1 Å². The lowest BCUT2D eigenvalue weighted by atomic mass is 10.2. The normalized spacial score (nSPS) is 11.1. The molecule has 0 saturated carbocycles. The molecule has 23 heavy (non-hydrogen) atoms. The van der Waals surface area contributed by atoms with Crippen molar-refractivity contribution in [2.75, 3.05) is 26.4 Å². The van der Waals surface area contributed by atoms with Crippen LogP contribution in [0.4, 0.5) is 4.79 Å². The van der Waals surface area contributed by atoms with Gasteiger partial charge in [-0.1, -0.05) is 0 Å². The van der Waals surface area contributed by atoms with Gasteiger partial charge in [0.05, 0.1) is 38.1 Å². The Labute approximate surface area is 136 Å². The van der Waals surface area contributed by atoms with Crippen LogP contribution >= 0.6 is 0 Å². The van der Waals surface area contributed by atoms with E-state index in [1.165, 1.54) is 6.20 Å². The molecule has 8 nitrogen and oxygen atoms in total. The molecule has 1 aromatic rings. The maximum absolute atomic E-state index is 11.5. The zero-order valence-electron chi connectivity index (χ0n) is 14.1. The van der Waals surface area contributed by atoms with Crippen LogP contribution in [-0.4, -0.2) is 53.8 Å². The third kappa shape index (κ3) is 8.20. The van der Waals surface area contributed by atoms with E-state index in [0.29, 0.717) is 38.5 Å². The van der Waals surface area contributed by atoms with Gasteiger partial charge >= 0.3 is 12.1 Å². The first-order valence-corrected chi connectivity index (χ1v) is 7.56. The van der Waals surface area contributed by atoms with E-state index in [9.17, 15) is 9.59 Å². The standard InChI is InChI=1S/C15H25N3O5/c1-5-22-13(19)12-10-17-18(11-12)7-9-21-8-6-16-14(20)23-15(2,3)4/h10-11H,5-9H2,1-4H3,(H,16,20). The van der Waals surface area contributed by atoms with E-state index in [-0.39, 0.29) is 5.97 Å². The molecule has 0 spiro atoms. The average Bonchev–Trinajstić information content (AvgIpc) is 2.90. The lowest BCUT2D eigenvalue weighted by Gasteiger charge is -2.19. The Kier molecular flexibility index (Phi) is 7.53. The zero-order valence-corrected chi connectivity index (χ0v) is 14.1. The summed E-state index contributed by atoms with van der Waals surface area (Å²) in [5, 5.41) is 6.65. The molecule has 0 aromatic carbocycles. The summed E-state index contributed by atoms with van der Waals surface area (Å²) in [6.45, 7) is 9.14. The van der Waals surface area contributed by atoms with E-state index in [1.54, 1.807) is 38.6 Å². The molecule has 0 aliphatic rings. The number of carbonyl (C=O) groups is 2. The Morgan fingerprint density at radius 1 is 1.30 bits per heavy atom. The van der Waals surface area contributed by atoms with Gasteiger partial charge < -0.3 is 19.5 Å². The summed E-state index contributed by atoms with van der Waals surface area (Å²) < 4.78 is 17.0. The number of rotatable bonds is 8. The van der Waals surface area contributed by atoms with E-state index in [4.69, 9.17) is 14.2 Å². The molecule has 8 heteroatoms. The number of esters is 1. The molecule has 0 atom stereocenters. The molecule has 1 heterocycles. The van der Waals surface area contributed by atoms with Gasteiger partial charge in [-0.2, -0.15) is 5.10 Å². The Bertz CT molecular complexity index is 507. The molecule has 130 valence electrons. The molecule has 1 amide bonds. The Hall–Kier alpha value is -2.09. The van der Waals surface area contributed by atoms with Crippen molar-refractivity contribution in [3.63, 3.8) is 0 Å². The predicted octanol–water partition coefficient (Wildman–Crippen LogP) is 1.60. The second kappa shape index (κ2) is 9.14. The molecule has 0 radical (unpaired) electrons. The molecule has 0 unspecified atom stereocenters. The van der Waals surface area contributed by atoms with Gasteiger partial charge in [0.2, 0.25) is 0 Å². The minimum atomic E-state index is -0.512. The van der Waals surface area contributed by atoms with Crippen LogP contribution in [0.1, 0.15) is 38.1 Å². The number of hydrogen-bond acceptors (Lipinski definition) is 6. The van der Waals surface area contributed by atoms with Gasteiger partial charge in [-0.15, -0.1) is 0 Å². The molecular formula is C15H25N3O5. The van der Waals surface area contributed by atoms with Crippen molar-refractivity contribution in [1.29, 1.82) is 0 Å². The summed E-state index contributed by atoms with van der Waals surface area (Å²) in [5.74, 6) is -0.388. The van der Waals surface area contributed by atoms with Crippen LogP contribution in [0.25, 0.3) is 0 Å². The highest BCUT2D eigenvalue weighted by Gasteiger charge is 2.15. The fourth-order valence-electron chi connectivity index (χ4n) is 1.61. The van der Waals surface area contributed by atoms with Crippen LogP contribution in [0.15, 0.2) is 12.4 Å². The third-order valence-electron chi connectivity index (χ3n) is 2.52. The number of ether oxygens (including phenoxy) is 3. The molecule has 1 aromatic heterocycles. The summed E-state index contributed by atoms with van der Waals surface area (Å²) in [4.78, 5) is 22.9. The lowest BCUT2D eigenvalue weighted by Crippen LogP contribution is -2.34. The number of aromatic nitrogens is 2. The van der Waals surface area contributed by atoms with Crippen molar-refractivity contribution in [2.24, 2.45) is 0 Å². The van der Waals surface area contributed by atoms with E-state index in [0.717, 1.165) is 0 Å². The second-order valence-electron chi connectivity index (χ2n) is 5.75. The maximum Gasteiger partial charge on any atom is 0.407 e. The number of alkyl carbamates (subject to hydrolysis) is 1. The first-order chi connectivity index (χ1) is 10.8. The van der Waals surface area contributed by atoms with Gasteiger partial charge in [-0.05, 0) is 27.7 Å². The van der Waals surface area contributed by atoms with E-state index < -0.39 is 11.7 Å². The van der Waals surface area contributed by atoms with Crippen LogP contribution in [0, 0.1) is 0 Å². The first kappa shape index (κ1) is 19.0. The Balaban J connectivity index is 2.14. The van der Waals surface area contributed by atoms with Gasteiger partial charge in [0.1, 0.15) is 5.60 Å². The smallest absolute Gasteiger partial charge is 0.407 e. The van der Waals surface area contributed by atoms with Crippen molar-refractivity contribution in [1.82, 2.24) is 15.1 Å². The van der Waals surface area contributed by atoms with Crippen molar-refractivity contribution in [3.05, 3.63) is 18.0 Å². The Morgan fingerprint density at radius 2 is 2.04 bits per heavy atom. The first-order valence-electron chi connectivity index (χ1n) is 7.56. The van der Waals surface area contributed by atoms with Crippen molar-refractivity contribution in [2.45, 2.75) is 39.8 Å². The minimum Gasteiger partial charge on any atom is -0.462 e. The highest BCUT2D eigenvalue weighted by atomic mass is 16.6. The maximum atomic E-state index is 11.5. The molecular weight excluding hydrogens is 302 g/mol. The quantitative estimate of drug-likeness (QED) is 0.576. The number of amides is 1. The molecule has 1 rings (SSSR count). The molecule has 0 aliphatic heterocycles. The number of nitrogens with one attached hydrogen (secondary N) is 1. The topological polar surface area (TPSA) is 91.7 Å². The number of hydrogen-bond donors (Lipinski definition) is 1. The summed E-state index contributed by atoms with van der Waals surface area (Å²) in [6.07, 6.45) is 2.61. The summed E-state index contributed by atoms with van der Waals surface area (Å²) in [7, 11) is 0. The van der Waals surface area contributed by atoms with Gasteiger partial charge in [0.25, 0.3) is 0 Å². The Morgan fingerprint density at radius 3 is 2.70 bits per heavy atom. The fraction of sp³-hybridized carbons (Fsp3) is 0.667. The average molecular weight is 327 g/mol. The summed E-state index contributed by atoms with van der Waals surface area (Å²) >= 11 is 0. The summed E-state index contributed by atoms with van der Waals surface area (Å²) in [6, 6.07) is 0. The highest BCUT2D eigenvalue weighted by Crippen LogP contribution is 2.06. The minimum absolute atomic E-state index is 0.331. The largest absolute Gasteiger partial charge is 0.462 e. The van der Waals surface area contributed by atoms with E-state index in [1.807, 2.05) is 0 Å². The van der Waals surface area contributed by atoms with Crippen molar-refractivity contribution in [3.8, 4) is 0 Å². The van der Waals surface area contributed by atoms with Gasteiger partial charge in [0, 0.05) is 12.7 Å². The molecule has 0 bridgehead atoms. The second-order valence-corrected chi connectivity index (χ2v) is 5.75. The molecule has 0 aliphatic carbocycles. The SMILES string of the molecule is CCOC(=O)c1cnn(CCOCCNC(=O)OC(C)(C)C)c1. The van der Waals surface area contributed by atoms with E-state index in [2.05, 4.69) is 10.4 Å². The number of carbonyl (C=O) groups excluding carboxylic acids is 2. The van der Waals surface area contributed by atoms with Gasteiger partial charge in [-0.25, -0.2) is 9.59 Å². The van der Waals surface area contributed by atoms with Gasteiger partial charge in [0.15, 0.2) is 0 Å². The van der Waals surface area contributed by atoms with Crippen LogP contribution in [0.3, 0.4) is 0 Å². The monoisotopic (exact) mass is 327 g/mol. The van der Waals surface area contributed by atoms with Crippen LogP contribution in [0.2, 0.25) is 0 Å². The van der Waals surface area contributed by atoms with Crippen LogP contribution in [0.5, 0.6) is 0 Å². The molecule has 1 N–H and O–H groups in total. The van der Waals surface area contributed by atoms with Crippen LogP contribution in [-0.2, 0) is 20.8 Å².